The van der Waals surface area contributed by atoms with Gasteiger partial charge in [-0.2, -0.15) is 0 Å². The van der Waals surface area contributed by atoms with Gasteiger partial charge in [0.2, 0.25) is 0 Å². The number of phenols is 1. The molecule has 4 nitrogen and oxygen atoms in total. The third kappa shape index (κ3) is 2.30. The minimum atomic E-state index is -1.90. The van der Waals surface area contributed by atoms with Crippen LogP contribution in [0.15, 0.2) is 18.2 Å². The topological polar surface area (TPSA) is 69.9 Å². The highest BCUT2D eigenvalue weighted by Crippen LogP contribution is 2.27. The number of benzene rings is 1. The molecule has 0 saturated heterocycles. The van der Waals surface area contributed by atoms with Crippen LogP contribution in [0.2, 0.25) is 5.02 Å². The largest absolute Gasteiger partial charge is 0.707 e. The first-order valence-corrected chi connectivity index (χ1v) is 3.48. The van der Waals surface area contributed by atoms with E-state index in [1.807, 2.05) is 0 Å². The Hall–Kier alpha value is -0.905. The van der Waals surface area contributed by atoms with Crippen LogP contribution >= 0.6 is 11.6 Å². The van der Waals surface area contributed by atoms with Crippen molar-refractivity contribution in [2.45, 2.75) is 0 Å². The van der Waals surface area contributed by atoms with E-state index in [9.17, 15) is 0 Å². The minimum Gasteiger partial charge on any atom is -0.512 e. The summed E-state index contributed by atoms with van der Waals surface area (Å²) in [4.78, 5) is 0. The maximum absolute atomic E-state index is 9.04. The molecule has 0 heterocycles. The standard InChI is InChI=1S/C6H6BClO4/c8-5-2-1-4(3-6(5)9)12-7(10)11/h1-3,9-11H. The second-order valence-electron chi connectivity index (χ2n) is 2.06. The van der Waals surface area contributed by atoms with Crippen molar-refractivity contribution < 1.29 is 19.8 Å². The van der Waals surface area contributed by atoms with E-state index in [2.05, 4.69) is 4.65 Å². The first-order chi connectivity index (χ1) is 5.59. The van der Waals surface area contributed by atoms with Crippen LogP contribution in [0.3, 0.4) is 0 Å². The van der Waals surface area contributed by atoms with Gasteiger partial charge in [0, 0.05) is 6.07 Å². The maximum Gasteiger partial charge on any atom is 0.707 e. The number of hydrogen-bond acceptors (Lipinski definition) is 4. The summed E-state index contributed by atoms with van der Waals surface area (Å²) in [6.07, 6.45) is 0. The molecule has 0 aromatic heterocycles. The third-order valence-electron chi connectivity index (χ3n) is 1.16. The maximum atomic E-state index is 9.04. The van der Waals surface area contributed by atoms with Gasteiger partial charge in [0.15, 0.2) is 0 Å². The number of aromatic hydroxyl groups is 1. The molecule has 1 aromatic carbocycles. The van der Waals surface area contributed by atoms with E-state index in [1.54, 1.807) is 0 Å². The van der Waals surface area contributed by atoms with Gasteiger partial charge in [-0.3, -0.25) is 0 Å². The fraction of sp³-hybridized carbons (Fsp3) is 0. The Labute approximate surface area is 74.2 Å². The molecule has 0 aliphatic carbocycles. The fourth-order valence-electron chi connectivity index (χ4n) is 0.688. The highest BCUT2D eigenvalue weighted by molar-refractivity contribution is 6.34. The molecule has 1 rings (SSSR count). The van der Waals surface area contributed by atoms with Crippen LogP contribution in [-0.2, 0) is 0 Å². The Morgan fingerprint density at radius 3 is 2.50 bits per heavy atom. The second-order valence-corrected chi connectivity index (χ2v) is 2.46. The molecule has 12 heavy (non-hydrogen) atoms. The molecule has 1 aromatic rings. The van der Waals surface area contributed by atoms with Gasteiger partial charge in [-0.05, 0) is 12.1 Å². The zero-order valence-electron chi connectivity index (χ0n) is 5.94. The summed E-state index contributed by atoms with van der Waals surface area (Å²) in [7, 11) is -1.90. The Morgan fingerprint density at radius 1 is 1.33 bits per heavy atom. The molecule has 0 unspecified atom stereocenters. The van der Waals surface area contributed by atoms with Gasteiger partial charge in [-0.25, -0.2) is 0 Å². The third-order valence-corrected chi connectivity index (χ3v) is 1.48. The minimum absolute atomic E-state index is 0.131. The van der Waals surface area contributed by atoms with Crippen molar-refractivity contribution in [3.05, 3.63) is 23.2 Å². The highest BCUT2D eigenvalue weighted by Gasteiger charge is 2.11. The number of halogens is 1. The normalized spacial score (nSPS) is 9.58. The van der Waals surface area contributed by atoms with Crippen molar-refractivity contribution in [1.82, 2.24) is 0 Å². The van der Waals surface area contributed by atoms with Crippen molar-refractivity contribution in [1.29, 1.82) is 0 Å². The summed E-state index contributed by atoms with van der Waals surface area (Å²) < 4.78 is 4.44. The van der Waals surface area contributed by atoms with Crippen LogP contribution in [0.25, 0.3) is 0 Å². The van der Waals surface area contributed by atoms with Gasteiger partial charge in [-0.1, -0.05) is 11.6 Å². The predicted molar refractivity (Wildman–Crippen MR) is 43.9 cm³/mol. The molecule has 0 spiro atoms. The summed E-state index contributed by atoms with van der Waals surface area (Å²) in [6, 6.07) is 3.97. The average Bonchev–Trinajstić information content (AvgIpc) is 1.96. The van der Waals surface area contributed by atoms with E-state index in [4.69, 9.17) is 26.8 Å². The molecule has 3 N–H and O–H groups in total. The summed E-state index contributed by atoms with van der Waals surface area (Å²) in [6.45, 7) is 0. The molecule has 0 saturated carbocycles. The van der Waals surface area contributed by atoms with Crippen molar-refractivity contribution in [3.63, 3.8) is 0 Å². The Bertz CT molecular complexity index is 278. The van der Waals surface area contributed by atoms with Crippen LogP contribution < -0.4 is 4.65 Å². The predicted octanol–water partition coefficient (Wildman–Crippen LogP) is 0.394. The van der Waals surface area contributed by atoms with Crippen molar-refractivity contribution in [2.75, 3.05) is 0 Å². The van der Waals surface area contributed by atoms with Crippen molar-refractivity contribution in [3.8, 4) is 11.5 Å². The van der Waals surface area contributed by atoms with Gasteiger partial charge in [0.05, 0.1) is 5.02 Å². The molecular weight excluding hydrogens is 182 g/mol. The van der Waals surface area contributed by atoms with Gasteiger partial charge < -0.3 is 19.8 Å². The average molecular weight is 188 g/mol. The smallest absolute Gasteiger partial charge is 0.512 e. The molecule has 0 aliphatic rings. The molecule has 6 heteroatoms. The summed E-state index contributed by atoms with van der Waals surface area (Å²) >= 11 is 5.49. The summed E-state index contributed by atoms with van der Waals surface area (Å²) in [5.74, 6) is -0.0401. The van der Waals surface area contributed by atoms with Gasteiger partial charge in [0.25, 0.3) is 0 Å². The lowest BCUT2D eigenvalue weighted by Gasteiger charge is -2.04. The Kier molecular flexibility index (Phi) is 2.81. The van der Waals surface area contributed by atoms with E-state index in [0.717, 1.165) is 0 Å². The van der Waals surface area contributed by atoms with Crippen LogP contribution in [0.4, 0.5) is 0 Å². The number of rotatable bonds is 2. The molecule has 0 fully saturated rings. The molecule has 0 aliphatic heterocycles. The zero-order valence-corrected chi connectivity index (χ0v) is 6.69. The highest BCUT2D eigenvalue weighted by atomic mass is 35.5. The zero-order chi connectivity index (χ0) is 9.14. The van der Waals surface area contributed by atoms with E-state index in [1.165, 1.54) is 18.2 Å². The van der Waals surface area contributed by atoms with Gasteiger partial charge in [0.1, 0.15) is 11.5 Å². The lowest BCUT2D eigenvalue weighted by molar-refractivity contribution is 0.287. The Balaban J connectivity index is 2.82. The SMILES string of the molecule is OB(O)Oc1ccc(Cl)c(O)c1. The van der Waals surface area contributed by atoms with E-state index < -0.39 is 7.32 Å². The molecule has 0 bridgehead atoms. The van der Waals surface area contributed by atoms with Crippen LogP contribution in [-0.4, -0.2) is 22.5 Å². The molecule has 0 radical (unpaired) electrons. The second kappa shape index (κ2) is 3.66. The molecule has 0 amide bonds. The van der Waals surface area contributed by atoms with Crippen molar-refractivity contribution in [2.24, 2.45) is 0 Å². The summed E-state index contributed by atoms with van der Waals surface area (Å²) in [5, 5.41) is 26.0. The Morgan fingerprint density at radius 2 is 2.00 bits per heavy atom. The van der Waals surface area contributed by atoms with Gasteiger partial charge >= 0.3 is 7.32 Å². The quantitative estimate of drug-likeness (QED) is 0.587. The first kappa shape index (κ1) is 9.19. The lowest BCUT2D eigenvalue weighted by atomic mass is 10.2. The monoisotopic (exact) mass is 188 g/mol. The summed E-state index contributed by atoms with van der Waals surface area (Å²) in [5.41, 5.74) is 0. The van der Waals surface area contributed by atoms with E-state index in [0.29, 0.717) is 0 Å². The van der Waals surface area contributed by atoms with Crippen LogP contribution in [0.5, 0.6) is 11.5 Å². The van der Waals surface area contributed by atoms with Crippen molar-refractivity contribution >= 4 is 18.9 Å². The van der Waals surface area contributed by atoms with E-state index >= 15 is 0 Å². The molecule has 0 atom stereocenters. The van der Waals surface area contributed by atoms with Gasteiger partial charge in [-0.15, -0.1) is 0 Å². The van der Waals surface area contributed by atoms with Crippen LogP contribution in [0, 0.1) is 0 Å². The fourth-order valence-corrected chi connectivity index (χ4v) is 0.805. The first-order valence-electron chi connectivity index (χ1n) is 3.11. The number of phenolic OH excluding ortho intramolecular Hbond substituents is 1. The van der Waals surface area contributed by atoms with E-state index in [-0.39, 0.29) is 16.5 Å². The van der Waals surface area contributed by atoms with Crippen LogP contribution in [0.1, 0.15) is 0 Å². The molecule has 64 valence electrons. The number of hydrogen-bond donors (Lipinski definition) is 3. The molecular formula is C6H6BClO4. The lowest BCUT2D eigenvalue weighted by Crippen LogP contribution is -2.20.